The van der Waals surface area contributed by atoms with E-state index in [1.165, 1.54) is 25.3 Å². The zero-order valence-electron chi connectivity index (χ0n) is 12.3. The van der Waals surface area contributed by atoms with Crippen LogP contribution in [0.4, 0.5) is 13.2 Å². The summed E-state index contributed by atoms with van der Waals surface area (Å²) in [4.78, 5) is 0. The summed E-state index contributed by atoms with van der Waals surface area (Å²) in [5, 5.41) is 0. The predicted molar refractivity (Wildman–Crippen MR) is 78.6 cm³/mol. The molecule has 2 aromatic rings. The zero-order chi connectivity index (χ0) is 15.7. The first-order valence-corrected chi connectivity index (χ1v) is 7.37. The number of rotatable bonds is 3. The van der Waals surface area contributed by atoms with Gasteiger partial charge in [-0.1, -0.05) is 12.1 Å². The zero-order valence-corrected chi connectivity index (χ0v) is 12.3. The maximum absolute atomic E-state index is 13.8. The van der Waals surface area contributed by atoms with Crippen molar-refractivity contribution in [2.24, 2.45) is 0 Å². The highest BCUT2D eigenvalue weighted by Crippen LogP contribution is 2.44. The maximum atomic E-state index is 13.8. The van der Waals surface area contributed by atoms with Crippen molar-refractivity contribution < 1.29 is 17.9 Å². The molecular formula is C18H17F3O. The lowest BCUT2D eigenvalue weighted by atomic mass is 9.93. The summed E-state index contributed by atoms with van der Waals surface area (Å²) < 4.78 is 45.1. The molecule has 22 heavy (non-hydrogen) atoms. The Bertz CT molecular complexity index is 684. The van der Waals surface area contributed by atoms with Crippen molar-refractivity contribution in [3.8, 4) is 5.75 Å². The van der Waals surface area contributed by atoms with E-state index in [1.807, 2.05) is 6.07 Å². The maximum Gasteiger partial charge on any atom is 0.165 e. The van der Waals surface area contributed by atoms with Crippen LogP contribution in [0.15, 0.2) is 36.4 Å². The molecule has 3 rings (SSSR count). The summed E-state index contributed by atoms with van der Waals surface area (Å²) in [6.45, 7) is 0. The molecule has 0 heterocycles. The van der Waals surface area contributed by atoms with Crippen LogP contribution in [0.5, 0.6) is 5.75 Å². The van der Waals surface area contributed by atoms with Gasteiger partial charge in [0.1, 0.15) is 0 Å². The molecule has 1 aliphatic rings. The molecule has 0 aliphatic heterocycles. The fourth-order valence-electron chi connectivity index (χ4n) is 3.29. The van der Waals surface area contributed by atoms with Gasteiger partial charge in [0.15, 0.2) is 23.2 Å². The van der Waals surface area contributed by atoms with Gasteiger partial charge in [0.05, 0.1) is 7.11 Å². The van der Waals surface area contributed by atoms with Crippen LogP contribution in [-0.4, -0.2) is 7.11 Å². The SMILES string of the molecule is COc1ccc(C2CCC(c3ccc(F)c(F)c3)C2)cc1F. The molecule has 1 nitrogen and oxygen atoms in total. The van der Waals surface area contributed by atoms with Gasteiger partial charge >= 0.3 is 0 Å². The summed E-state index contributed by atoms with van der Waals surface area (Å²) in [6.07, 6.45) is 2.62. The number of benzene rings is 2. The molecule has 4 heteroatoms. The lowest BCUT2D eigenvalue weighted by Crippen LogP contribution is -1.98. The normalized spacial score (nSPS) is 21.1. The Kier molecular flexibility index (Phi) is 4.10. The summed E-state index contributed by atoms with van der Waals surface area (Å²) in [5.41, 5.74) is 1.75. The molecule has 1 aliphatic carbocycles. The Morgan fingerprint density at radius 3 is 1.95 bits per heavy atom. The highest BCUT2D eigenvalue weighted by molar-refractivity contribution is 5.33. The molecule has 116 valence electrons. The molecule has 2 aromatic carbocycles. The second kappa shape index (κ2) is 6.03. The van der Waals surface area contributed by atoms with Gasteiger partial charge in [-0.15, -0.1) is 0 Å². The van der Waals surface area contributed by atoms with Gasteiger partial charge in [0, 0.05) is 0 Å². The van der Waals surface area contributed by atoms with Gasteiger partial charge in [-0.05, 0) is 66.5 Å². The minimum Gasteiger partial charge on any atom is -0.494 e. The lowest BCUT2D eigenvalue weighted by molar-refractivity contribution is 0.386. The minimum atomic E-state index is -0.824. The van der Waals surface area contributed by atoms with E-state index in [0.717, 1.165) is 30.4 Å². The average Bonchev–Trinajstić information content (AvgIpc) is 3.00. The Hall–Kier alpha value is -1.97. The van der Waals surface area contributed by atoms with Crippen molar-refractivity contribution in [1.82, 2.24) is 0 Å². The highest BCUT2D eigenvalue weighted by atomic mass is 19.2. The first kappa shape index (κ1) is 14.9. The molecule has 0 spiro atoms. The highest BCUT2D eigenvalue weighted by Gasteiger charge is 2.28. The number of halogens is 3. The van der Waals surface area contributed by atoms with E-state index in [9.17, 15) is 13.2 Å². The summed E-state index contributed by atoms with van der Waals surface area (Å²) in [7, 11) is 1.44. The lowest BCUT2D eigenvalue weighted by Gasteiger charge is -2.13. The monoisotopic (exact) mass is 306 g/mol. The average molecular weight is 306 g/mol. The van der Waals surface area contributed by atoms with Crippen LogP contribution in [-0.2, 0) is 0 Å². The molecule has 2 atom stereocenters. The Balaban J connectivity index is 1.77. The quantitative estimate of drug-likeness (QED) is 0.760. The summed E-state index contributed by atoms with van der Waals surface area (Å²) in [5.74, 6) is -1.34. The largest absolute Gasteiger partial charge is 0.494 e. The third-order valence-electron chi connectivity index (χ3n) is 4.49. The molecule has 2 unspecified atom stereocenters. The fourth-order valence-corrected chi connectivity index (χ4v) is 3.29. The second-order valence-corrected chi connectivity index (χ2v) is 5.77. The molecule has 1 saturated carbocycles. The smallest absolute Gasteiger partial charge is 0.165 e. The van der Waals surface area contributed by atoms with Crippen molar-refractivity contribution in [2.45, 2.75) is 31.1 Å². The molecular weight excluding hydrogens is 289 g/mol. The molecule has 0 radical (unpaired) electrons. The molecule has 0 amide bonds. The number of ether oxygens (including phenoxy) is 1. The third-order valence-corrected chi connectivity index (χ3v) is 4.49. The van der Waals surface area contributed by atoms with Crippen LogP contribution < -0.4 is 4.74 Å². The Labute approximate surface area is 127 Å². The number of hydrogen-bond donors (Lipinski definition) is 0. The second-order valence-electron chi connectivity index (χ2n) is 5.77. The first-order chi connectivity index (χ1) is 10.6. The van der Waals surface area contributed by atoms with Crippen LogP contribution >= 0.6 is 0 Å². The van der Waals surface area contributed by atoms with Gasteiger partial charge in [-0.3, -0.25) is 0 Å². The van der Waals surface area contributed by atoms with E-state index >= 15 is 0 Å². The van der Waals surface area contributed by atoms with Gasteiger partial charge in [0.2, 0.25) is 0 Å². The molecule has 1 fully saturated rings. The van der Waals surface area contributed by atoms with Crippen molar-refractivity contribution in [3.05, 3.63) is 65.0 Å². The number of methoxy groups -OCH3 is 1. The van der Waals surface area contributed by atoms with Crippen molar-refractivity contribution in [2.75, 3.05) is 7.11 Å². The van der Waals surface area contributed by atoms with Gasteiger partial charge in [0.25, 0.3) is 0 Å². The molecule has 0 N–H and O–H groups in total. The van der Waals surface area contributed by atoms with E-state index < -0.39 is 11.6 Å². The van der Waals surface area contributed by atoms with Gasteiger partial charge < -0.3 is 4.74 Å². The summed E-state index contributed by atoms with van der Waals surface area (Å²) >= 11 is 0. The van der Waals surface area contributed by atoms with Crippen LogP contribution in [0.1, 0.15) is 42.2 Å². The Morgan fingerprint density at radius 2 is 1.41 bits per heavy atom. The van der Waals surface area contributed by atoms with Crippen LogP contribution in [0.2, 0.25) is 0 Å². The third kappa shape index (κ3) is 2.82. The predicted octanol–water partition coefficient (Wildman–Crippen LogP) is 5.16. The first-order valence-electron chi connectivity index (χ1n) is 7.37. The standard InChI is InChI=1S/C18H17F3O/c1-22-18-7-5-14(10-17(18)21)12-3-2-11(8-12)13-4-6-15(19)16(20)9-13/h4-7,9-12H,2-3,8H2,1H3. The molecule has 0 saturated heterocycles. The van der Waals surface area contributed by atoms with Crippen LogP contribution in [0, 0.1) is 17.5 Å². The van der Waals surface area contributed by atoms with E-state index in [-0.39, 0.29) is 23.4 Å². The summed E-state index contributed by atoms with van der Waals surface area (Å²) in [6, 6.07) is 9.11. The van der Waals surface area contributed by atoms with Crippen molar-refractivity contribution in [1.29, 1.82) is 0 Å². The van der Waals surface area contributed by atoms with Crippen molar-refractivity contribution in [3.63, 3.8) is 0 Å². The number of hydrogen-bond acceptors (Lipinski definition) is 1. The van der Waals surface area contributed by atoms with Crippen LogP contribution in [0.25, 0.3) is 0 Å². The molecule has 0 aromatic heterocycles. The fraction of sp³-hybridized carbons (Fsp3) is 0.333. The van der Waals surface area contributed by atoms with E-state index in [1.54, 1.807) is 12.1 Å². The van der Waals surface area contributed by atoms with Gasteiger partial charge in [-0.2, -0.15) is 0 Å². The van der Waals surface area contributed by atoms with E-state index in [0.29, 0.717) is 0 Å². The van der Waals surface area contributed by atoms with E-state index in [2.05, 4.69) is 0 Å². The van der Waals surface area contributed by atoms with Crippen LogP contribution in [0.3, 0.4) is 0 Å². The van der Waals surface area contributed by atoms with E-state index in [4.69, 9.17) is 4.74 Å². The van der Waals surface area contributed by atoms with Gasteiger partial charge in [-0.25, -0.2) is 13.2 Å². The minimum absolute atomic E-state index is 0.185. The molecule has 0 bridgehead atoms. The Morgan fingerprint density at radius 1 is 0.818 bits per heavy atom. The van der Waals surface area contributed by atoms with Crippen molar-refractivity contribution >= 4 is 0 Å². The topological polar surface area (TPSA) is 9.23 Å².